The maximum atomic E-state index is 9.82. The van der Waals surface area contributed by atoms with E-state index < -0.39 is 0 Å². The fourth-order valence-electron chi connectivity index (χ4n) is 2.39. The van der Waals surface area contributed by atoms with E-state index in [0.29, 0.717) is 11.5 Å². The summed E-state index contributed by atoms with van der Waals surface area (Å²) in [5, 5.41) is 22.5. The first kappa shape index (κ1) is 16.2. The monoisotopic (exact) mass is 301 g/mol. The molecule has 0 atom stereocenters. The van der Waals surface area contributed by atoms with E-state index in [1.54, 1.807) is 25.3 Å². The first-order valence-corrected chi connectivity index (χ1v) is 7.45. The van der Waals surface area contributed by atoms with Crippen LogP contribution in [-0.4, -0.2) is 30.4 Å². The van der Waals surface area contributed by atoms with Crippen molar-refractivity contribution in [2.45, 2.75) is 19.8 Å². The summed E-state index contributed by atoms with van der Waals surface area (Å²) in [5.41, 5.74) is 3.44. The van der Waals surface area contributed by atoms with Gasteiger partial charge in [-0.3, -0.25) is 0 Å². The number of rotatable bonds is 7. The fraction of sp³-hybridized carbons (Fsp3) is 0.333. The van der Waals surface area contributed by atoms with E-state index in [1.807, 2.05) is 25.1 Å². The normalized spacial score (nSPS) is 10.6. The molecular formula is C18H23NO3. The zero-order valence-electron chi connectivity index (χ0n) is 13.1. The maximum Gasteiger partial charge on any atom is 0.160 e. The minimum absolute atomic E-state index is 0.187. The summed E-state index contributed by atoms with van der Waals surface area (Å²) in [7, 11) is 1.55. The number of aryl methyl sites for hydroxylation is 1. The summed E-state index contributed by atoms with van der Waals surface area (Å²) < 4.78 is 5.10. The van der Waals surface area contributed by atoms with Gasteiger partial charge < -0.3 is 20.3 Å². The second-order valence-electron chi connectivity index (χ2n) is 5.37. The van der Waals surface area contributed by atoms with Gasteiger partial charge in [-0.05, 0) is 73.8 Å². The first-order chi connectivity index (χ1) is 10.6. The van der Waals surface area contributed by atoms with Gasteiger partial charge in [0, 0.05) is 0 Å². The smallest absolute Gasteiger partial charge is 0.160 e. The minimum Gasteiger partial charge on any atom is -0.508 e. The Morgan fingerprint density at radius 3 is 2.36 bits per heavy atom. The van der Waals surface area contributed by atoms with Gasteiger partial charge in [-0.25, -0.2) is 0 Å². The SMILES string of the molecule is COc1cc(C)c(CCNCCc2ccc(O)cc2)cc1O. The Balaban J connectivity index is 1.77. The van der Waals surface area contributed by atoms with Crippen LogP contribution in [-0.2, 0) is 12.8 Å². The standard InChI is InChI=1S/C18H23NO3/c1-13-11-18(22-2)17(21)12-15(13)8-10-19-9-7-14-3-5-16(20)6-4-14/h3-6,11-12,19-21H,7-10H2,1-2H3. The lowest BCUT2D eigenvalue weighted by Gasteiger charge is -2.11. The third kappa shape index (κ3) is 4.40. The third-order valence-electron chi connectivity index (χ3n) is 3.74. The van der Waals surface area contributed by atoms with Crippen LogP contribution >= 0.6 is 0 Å². The largest absolute Gasteiger partial charge is 0.508 e. The van der Waals surface area contributed by atoms with Crippen LogP contribution in [0.1, 0.15) is 16.7 Å². The highest BCUT2D eigenvalue weighted by Crippen LogP contribution is 2.29. The third-order valence-corrected chi connectivity index (χ3v) is 3.74. The molecule has 0 aliphatic carbocycles. The molecule has 2 aromatic rings. The Hall–Kier alpha value is -2.20. The summed E-state index contributed by atoms with van der Waals surface area (Å²) in [4.78, 5) is 0. The summed E-state index contributed by atoms with van der Waals surface area (Å²) in [5.74, 6) is 1.00. The molecule has 0 saturated carbocycles. The zero-order valence-corrected chi connectivity index (χ0v) is 13.1. The number of hydrogen-bond donors (Lipinski definition) is 3. The van der Waals surface area contributed by atoms with Crippen molar-refractivity contribution >= 4 is 0 Å². The molecule has 0 amide bonds. The van der Waals surface area contributed by atoms with Crippen molar-refractivity contribution in [2.75, 3.05) is 20.2 Å². The lowest BCUT2D eigenvalue weighted by Crippen LogP contribution is -2.20. The van der Waals surface area contributed by atoms with Gasteiger partial charge in [0.25, 0.3) is 0 Å². The van der Waals surface area contributed by atoms with Gasteiger partial charge in [-0.15, -0.1) is 0 Å². The molecule has 0 aliphatic heterocycles. The quantitative estimate of drug-likeness (QED) is 0.688. The maximum absolute atomic E-state index is 9.82. The highest BCUT2D eigenvalue weighted by Gasteiger charge is 2.06. The molecule has 0 aromatic heterocycles. The van der Waals surface area contributed by atoms with E-state index in [9.17, 15) is 10.2 Å². The summed E-state index contributed by atoms with van der Waals surface area (Å²) >= 11 is 0. The van der Waals surface area contributed by atoms with Crippen molar-refractivity contribution in [2.24, 2.45) is 0 Å². The predicted octanol–water partition coefficient (Wildman–Crippen LogP) is 2.79. The van der Waals surface area contributed by atoms with Crippen molar-refractivity contribution in [1.29, 1.82) is 0 Å². The van der Waals surface area contributed by atoms with Crippen LogP contribution in [0, 0.1) is 6.92 Å². The van der Waals surface area contributed by atoms with Crippen molar-refractivity contribution < 1.29 is 14.9 Å². The van der Waals surface area contributed by atoms with Crippen molar-refractivity contribution in [3.8, 4) is 17.2 Å². The molecule has 22 heavy (non-hydrogen) atoms. The zero-order chi connectivity index (χ0) is 15.9. The second-order valence-corrected chi connectivity index (χ2v) is 5.37. The molecule has 0 spiro atoms. The Kier molecular flexibility index (Phi) is 5.67. The van der Waals surface area contributed by atoms with Gasteiger partial charge >= 0.3 is 0 Å². The Morgan fingerprint density at radius 1 is 1.00 bits per heavy atom. The number of phenols is 2. The summed E-state index contributed by atoms with van der Waals surface area (Å²) in [6.45, 7) is 3.75. The molecule has 0 bridgehead atoms. The lowest BCUT2D eigenvalue weighted by atomic mass is 10.0. The highest BCUT2D eigenvalue weighted by molar-refractivity contribution is 5.46. The number of hydrogen-bond acceptors (Lipinski definition) is 4. The first-order valence-electron chi connectivity index (χ1n) is 7.45. The van der Waals surface area contributed by atoms with E-state index in [0.717, 1.165) is 37.1 Å². The van der Waals surface area contributed by atoms with E-state index in [4.69, 9.17) is 4.74 Å². The van der Waals surface area contributed by atoms with Gasteiger partial charge in [0.1, 0.15) is 5.75 Å². The molecule has 0 heterocycles. The lowest BCUT2D eigenvalue weighted by molar-refractivity contribution is 0.372. The number of benzene rings is 2. The predicted molar refractivity (Wildman–Crippen MR) is 87.8 cm³/mol. The van der Waals surface area contributed by atoms with Crippen LogP contribution in [0.5, 0.6) is 17.2 Å². The molecule has 0 unspecified atom stereocenters. The molecule has 2 rings (SSSR count). The van der Waals surface area contributed by atoms with Gasteiger partial charge in [-0.1, -0.05) is 12.1 Å². The average Bonchev–Trinajstić information content (AvgIpc) is 2.51. The number of phenolic OH excluding ortho intramolecular Hbond substituents is 2. The van der Waals surface area contributed by atoms with E-state index in [1.165, 1.54) is 5.56 Å². The van der Waals surface area contributed by atoms with Crippen molar-refractivity contribution in [1.82, 2.24) is 5.32 Å². The number of nitrogens with one attached hydrogen (secondary N) is 1. The molecule has 118 valence electrons. The van der Waals surface area contributed by atoms with E-state index in [-0.39, 0.29) is 5.75 Å². The fourth-order valence-corrected chi connectivity index (χ4v) is 2.39. The van der Waals surface area contributed by atoms with Gasteiger partial charge in [0.2, 0.25) is 0 Å². The molecule has 4 heteroatoms. The Morgan fingerprint density at radius 2 is 1.68 bits per heavy atom. The van der Waals surface area contributed by atoms with Crippen LogP contribution in [0.25, 0.3) is 0 Å². The Bertz CT molecular complexity index is 608. The average molecular weight is 301 g/mol. The Labute approximate surface area is 131 Å². The molecule has 0 radical (unpaired) electrons. The van der Waals surface area contributed by atoms with Gasteiger partial charge in [0.15, 0.2) is 11.5 Å². The summed E-state index contributed by atoms with van der Waals surface area (Å²) in [6, 6.07) is 10.9. The van der Waals surface area contributed by atoms with Crippen molar-refractivity contribution in [3.05, 3.63) is 53.1 Å². The van der Waals surface area contributed by atoms with Crippen LogP contribution in [0.3, 0.4) is 0 Å². The summed E-state index contributed by atoms with van der Waals surface area (Å²) in [6.07, 6.45) is 1.78. The van der Waals surface area contributed by atoms with Crippen molar-refractivity contribution in [3.63, 3.8) is 0 Å². The molecular weight excluding hydrogens is 278 g/mol. The topological polar surface area (TPSA) is 61.7 Å². The van der Waals surface area contributed by atoms with Crippen LogP contribution in [0.2, 0.25) is 0 Å². The molecule has 4 nitrogen and oxygen atoms in total. The number of ether oxygens (including phenoxy) is 1. The highest BCUT2D eigenvalue weighted by atomic mass is 16.5. The second kappa shape index (κ2) is 7.71. The van der Waals surface area contributed by atoms with E-state index in [2.05, 4.69) is 5.32 Å². The minimum atomic E-state index is 0.187. The number of methoxy groups -OCH3 is 1. The van der Waals surface area contributed by atoms with Gasteiger partial charge in [0.05, 0.1) is 7.11 Å². The van der Waals surface area contributed by atoms with Gasteiger partial charge in [-0.2, -0.15) is 0 Å². The van der Waals surface area contributed by atoms with Crippen LogP contribution < -0.4 is 10.1 Å². The van der Waals surface area contributed by atoms with Crippen LogP contribution in [0.4, 0.5) is 0 Å². The number of aromatic hydroxyl groups is 2. The molecule has 0 aliphatic rings. The van der Waals surface area contributed by atoms with E-state index >= 15 is 0 Å². The molecule has 2 aromatic carbocycles. The molecule has 0 fully saturated rings. The molecule has 0 saturated heterocycles. The van der Waals surface area contributed by atoms with Crippen LogP contribution in [0.15, 0.2) is 36.4 Å². The molecule has 3 N–H and O–H groups in total.